The van der Waals surface area contributed by atoms with Crippen molar-refractivity contribution in [2.24, 2.45) is 0 Å². The summed E-state index contributed by atoms with van der Waals surface area (Å²) >= 11 is 0. The summed E-state index contributed by atoms with van der Waals surface area (Å²) in [6, 6.07) is 92.5. The van der Waals surface area contributed by atoms with E-state index in [1.165, 1.54) is 27.8 Å². The smallest absolute Gasteiger partial charge is 0.184 e. The van der Waals surface area contributed by atoms with Crippen molar-refractivity contribution in [3.8, 4) is 171 Å². The van der Waals surface area contributed by atoms with E-state index in [0.29, 0.717) is 69.5 Å². The molecule has 0 atom stereocenters. The molecule has 9 aromatic carbocycles. The quantitative estimate of drug-likeness (QED) is 0.110. The van der Waals surface area contributed by atoms with Crippen LogP contribution in [0.15, 0.2) is 323 Å². The van der Waals surface area contributed by atoms with Gasteiger partial charge in [-0.25, -0.2) is 79.7 Å². The largest absolute Gasteiger partial charge is 0.254 e. The Morgan fingerprint density at radius 1 is 0.162 bits per heavy atom. The molecule has 3 aliphatic rings. The summed E-state index contributed by atoms with van der Waals surface area (Å²) in [4.78, 5) is 89.3. The Kier molecular flexibility index (Phi) is 17.6. The molecule has 0 aliphatic heterocycles. The second kappa shape index (κ2) is 29.5. The van der Waals surface area contributed by atoms with Gasteiger partial charge in [-0.15, -0.1) is 0 Å². The molecule has 522 valence electrons. The highest BCUT2D eigenvalue weighted by atomic mass is 15.1. The van der Waals surface area contributed by atoms with Crippen LogP contribution in [0.2, 0.25) is 0 Å². The van der Waals surface area contributed by atoms with E-state index >= 15 is 0 Å². The molecule has 0 saturated heterocycles. The first-order valence-electron chi connectivity index (χ1n) is 36.1. The van der Waals surface area contributed by atoms with E-state index < -0.39 is 0 Å². The molecule has 3 aliphatic carbocycles. The maximum Gasteiger partial charge on any atom is 0.184 e. The lowest BCUT2D eigenvalue weighted by Crippen LogP contribution is -2.02. The molecule has 21 rings (SSSR count). The van der Waals surface area contributed by atoms with Crippen LogP contribution in [0.5, 0.6) is 0 Å². The monoisotopic (exact) mass is 1430 g/mol. The van der Waals surface area contributed by atoms with E-state index in [0.717, 1.165) is 126 Å². The zero-order valence-corrected chi connectivity index (χ0v) is 59.2. The Morgan fingerprint density at radius 2 is 0.423 bits per heavy atom. The zero-order chi connectivity index (χ0) is 73.8. The molecule has 0 spiro atoms. The Hall–Kier alpha value is -15.4. The summed E-state index contributed by atoms with van der Waals surface area (Å²) < 4.78 is 0. The topological polar surface area (TPSA) is 245 Å². The zero-order valence-electron chi connectivity index (χ0n) is 59.2. The third-order valence-electron chi connectivity index (χ3n) is 19.5. The highest BCUT2D eigenvalue weighted by molar-refractivity contribution is 5.83. The molecule has 0 bridgehead atoms. The third kappa shape index (κ3) is 13.5. The standard InChI is InChI=1S/2C31H20N6.C30H19N7/c1-3-9-20(10-4-1)29-35-30(21-11-5-2-6-12-21)37-31(36-29)23-15-16-26(32-18-23)28-25-17-22-13-7-8-14-24(22)27(25)33-19-34-28;1-3-9-20(10-4-1)29-35-30(21-11-5-2-6-12-21)37-31(36-29)26-16-15-23(18-32-26)27-25-17-22-13-7-8-14-24(22)28(25)34-19-33-27;1-3-9-19(10-4-1)28-35-29(20-11-5-2-6-12-20)37-30(36-28)25-17-31-24(16-32-25)27-23-15-21-13-7-8-14-22(21)26(23)33-18-34-27/h2*1-16,18-19H,17H2;1-14,16-18H,15H2. The van der Waals surface area contributed by atoms with E-state index in [1.54, 1.807) is 31.4 Å². The normalized spacial score (nSPS) is 11.7. The lowest BCUT2D eigenvalue weighted by atomic mass is 10.1. The number of fused-ring (bicyclic) bond motifs is 9. The first-order valence-corrected chi connectivity index (χ1v) is 36.1. The molecule has 0 amide bonds. The summed E-state index contributed by atoms with van der Waals surface area (Å²) in [5, 5.41) is 0. The first-order chi connectivity index (χ1) is 55.0. The molecule has 18 aromatic rings. The van der Waals surface area contributed by atoms with Gasteiger partial charge in [0.05, 0.1) is 52.3 Å². The number of rotatable bonds is 12. The van der Waals surface area contributed by atoms with Gasteiger partial charge in [-0.1, -0.05) is 255 Å². The summed E-state index contributed by atoms with van der Waals surface area (Å²) in [7, 11) is 0. The van der Waals surface area contributed by atoms with Crippen LogP contribution in [0.1, 0.15) is 33.4 Å². The highest BCUT2D eigenvalue weighted by Gasteiger charge is 2.28. The predicted octanol–water partition coefficient (Wildman–Crippen LogP) is 18.3. The fourth-order valence-corrected chi connectivity index (χ4v) is 14.1. The molecule has 19 nitrogen and oxygen atoms in total. The number of nitrogens with zero attached hydrogens (tertiary/aromatic N) is 19. The van der Waals surface area contributed by atoms with E-state index in [2.05, 4.69) is 84.5 Å². The lowest BCUT2D eigenvalue weighted by molar-refractivity contribution is 1.04. The van der Waals surface area contributed by atoms with Crippen LogP contribution >= 0.6 is 0 Å². The lowest BCUT2D eigenvalue weighted by Gasteiger charge is -2.09. The Balaban J connectivity index is 0.000000112. The summed E-state index contributed by atoms with van der Waals surface area (Å²) in [5.41, 5.74) is 26.1. The summed E-state index contributed by atoms with van der Waals surface area (Å²) in [6.45, 7) is 0. The average Bonchev–Trinajstić information content (AvgIpc) is 1.65. The SMILES string of the molecule is c1ccc(-c2nc(-c3ccccc3)nc(-c3ccc(-c4ncnc5c4Cc4ccccc4-5)cn3)n2)cc1.c1ccc(-c2nc(-c3ccccc3)nc(-c3ccc(-c4ncnc5c4Cc4ccccc4-5)nc3)n2)cc1.c1ccc(-c2nc(-c3ccccc3)nc(-c3cnc(-c4ncnc5c4Cc4ccccc4-5)cn3)n2)cc1. The van der Waals surface area contributed by atoms with Crippen LogP contribution < -0.4 is 0 Å². The number of aromatic nitrogens is 19. The number of benzene rings is 9. The van der Waals surface area contributed by atoms with Crippen molar-refractivity contribution < 1.29 is 0 Å². The van der Waals surface area contributed by atoms with Gasteiger partial charge in [0, 0.05) is 110 Å². The van der Waals surface area contributed by atoms with Crippen molar-refractivity contribution in [3.63, 3.8) is 0 Å². The second-order valence-electron chi connectivity index (χ2n) is 26.4. The molecular formula is C92H59N19. The fourth-order valence-electron chi connectivity index (χ4n) is 14.1. The molecule has 0 saturated carbocycles. The van der Waals surface area contributed by atoms with Crippen LogP contribution in [0, 0.1) is 0 Å². The molecule has 0 fully saturated rings. The average molecular weight is 1430 g/mol. The molecule has 9 aromatic heterocycles. The van der Waals surface area contributed by atoms with E-state index in [1.807, 2.05) is 237 Å². The number of pyridine rings is 2. The Bertz CT molecular complexity index is 5650. The number of hydrogen-bond donors (Lipinski definition) is 0. The van der Waals surface area contributed by atoms with Gasteiger partial charge in [0.15, 0.2) is 52.4 Å². The van der Waals surface area contributed by atoms with Gasteiger partial charge in [0.1, 0.15) is 36.1 Å². The molecule has 111 heavy (non-hydrogen) atoms. The van der Waals surface area contributed by atoms with Gasteiger partial charge in [-0.2, -0.15) is 0 Å². The van der Waals surface area contributed by atoms with Gasteiger partial charge in [-0.05, 0) is 41.0 Å². The number of hydrogen-bond acceptors (Lipinski definition) is 19. The van der Waals surface area contributed by atoms with Crippen molar-refractivity contribution in [1.82, 2.24) is 94.7 Å². The Labute approximate surface area is 637 Å². The van der Waals surface area contributed by atoms with Crippen molar-refractivity contribution in [2.75, 3.05) is 0 Å². The van der Waals surface area contributed by atoms with Gasteiger partial charge in [0.25, 0.3) is 0 Å². The maximum atomic E-state index is 4.80. The van der Waals surface area contributed by atoms with Crippen molar-refractivity contribution >= 4 is 0 Å². The van der Waals surface area contributed by atoms with Gasteiger partial charge < -0.3 is 0 Å². The van der Waals surface area contributed by atoms with Gasteiger partial charge in [0.2, 0.25) is 0 Å². The summed E-state index contributed by atoms with van der Waals surface area (Å²) in [6.07, 6.45) is 14.3. The molecule has 9 heterocycles. The van der Waals surface area contributed by atoms with Crippen molar-refractivity contribution in [3.05, 3.63) is 356 Å². The predicted molar refractivity (Wildman–Crippen MR) is 427 cm³/mol. The molecule has 0 N–H and O–H groups in total. The van der Waals surface area contributed by atoms with Crippen LogP contribution in [-0.4, -0.2) is 94.7 Å². The third-order valence-corrected chi connectivity index (χ3v) is 19.5. The Morgan fingerprint density at radius 3 is 0.775 bits per heavy atom. The minimum atomic E-state index is 0.465. The van der Waals surface area contributed by atoms with Crippen molar-refractivity contribution in [2.45, 2.75) is 19.3 Å². The van der Waals surface area contributed by atoms with Crippen LogP contribution in [0.4, 0.5) is 0 Å². The van der Waals surface area contributed by atoms with Crippen LogP contribution in [0.3, 0.4) is 0 Å². The van der Waals surface area contributed by atoms with Gasteiger partial charge >= 0.3 is 0 Å². The molecule has 0 unspecified atom stereocenters. The van der Waals surface area contributed by atoms with E-state index in [4.69, 9.17) is 64.8 Å². The minimum Gasteiger partial charge on any atom is -0.254 e. The summed E-state index contributed by atoms with van der Waals surface area (Å²) in [5.74, 6) is 5.21. The minimum absolute atomic E-state index is 0.465. The van der Waals surface area contributed by atoms with Crippen molar-refractivity contribution in [1.29, 1.82) is 0 Å². The molecule has 0 radical (unpaired) electrons. The first kappa shape index (κ1) is 66.3. The van der Waals surface area contributed by atoms with Crippen LogP contribution in [-0.2, 0) is 19.3 Å². The maximum absolute atomic E-state index is 4.80. The van der Waals surface area contributed by atoms with Gasteiger partial charge in [-0.3, -0.25) is 15.0 Å². The highest BCUT2D eigenvalue weighted by Crippen LogP contribution is 2.43. The van der Waals surface area contributed by atoms with Crippen LogP contribution in [0.25, 0.3) is 171 Å². The van der Waals surface area contributed by atoms with E-state index in [9.17, 15) is 0 Å². The van der Waals surface area contributed by atoms with E-state index in [-0.39, 0.29) is 0 Å². The molecular weight excluding hydrogens is 1370 g/mol. The second-order valence-corrected chi connectivity index (χ2v) is 26.4. The molecule has 19 heteroatoms. The fraction of sp³-hybridized carbons (Fsp3) is 0.0326.